The van der Waals surface area contributed by atoms with Crippen molar-refractivity contribution in [1.29, 1.82) is 0 Å². The van der Waals surface area contributed by atoms with Crippen LogP contribution in [0.15, 0.2) is 36.4 Å². The molecule has 7 heteroatoms. The van der Waals surface area contributed by atoms with Crippen LogP contribution in [0.3, 0.4) is 0 Å². The third-order valence-corrected chi connectivity index (χ3v) is 4.79. The zero-order chi connectivity index (χ0) is 20.3. The molecule has 2 aromatic carbocycles. The highest BCUT2D eigenvalue weighted by atomic mass is 19.4. The number of benzene rings is 2. The number of aryl methyl sites for hydroxylation is 1. The smallest absolute Gasteiger partial charge is 0.416 e. The fourth-order valence-electron chi connectivity index (χ4n) is 3.44. The molecule has 1 heterocycles. The number of ether oxygens (including phenoxy) is 2. The van der Waals surface area contributed by atoms with Crippen LogP contribution in [0.1, 0.15) is 24.0 Å². The summed E-state index contributed by atoms with van der Waals surface area (Å²) in [4.78, 5) is 3.28. The topological polar surface area (TPSA) is 60.3 Å². The number of methoxy groups -OCH3 is 2. The largest absolute Gasteiger partial charge is 0.496 e. The van der Waals surface area contributed by atoms with Crippen LogP contribution in [0.2, 0.25) is 0 Å². The van der Waals surface area contributed by atoms with Crippen LogP contribution in [-0.4, -0.2) is 25.7 Å². The first-order valence-electron chi connectivity index (χ1n) is 9.04. The number of aromatic amines is 1. The Morgan fingerprint density at radius 1 is 1.00 bits per heavy atom. The van der Waals surface area contributed by atoms with E-state index in [2.05, 4.69) is 4.98 Å². The maximum Gasteiger partial charge on any atom is 0.416 e. The number of nitrogens with one attached hydrogen (secondary N) is 1. The summed E-state index contributed by atoms with van der Waals surface area (Å²) in [6.45, 7) is 0.531. The lowest BCUT2D eigenvalue weighted by atomic mass is 9.98. The highest BCUT2D eigenvalue weighted by Crippen LogP contribution is 2.43. The van der Waals surface area contributed by atoms with Crippen LogP contribution in [-0.2, 0) is 12.6 Å². The minimum atomic E-state index is -4.40. The Bertz CT molecular complexity index is 942. The summed E-state index contributed by atoms with van der Waals surface area (Å²) in [7, 11) is 3.10. The van der Waals surface area contributed by atoms with Gasteiger partial charge in [-0.05, 0) is 61.7 Å². The molecule has 3 aromatic rings. The normalized spacial score (nSPS) is 11.8. The summed E-state index contributed by atoms with van der Waals surface area (Å²) >= 11 is 0. The van der Waals surface area contributed by atoms with Crippen molar-refractivity contribution in [3.05, 3.63) is 47.5 Å². The van der Waals surface area contributed by atoms with Crippen LogP contribution in [0.4, 0.5) is 13.2 Å². The van der Waals surface area contributed by atoms with Gasteiger partial charge in [0.05, 0.1) is 31.0 Å². The van der Waals surface area contributed by atoms with E-state index in [1.165, 1.54) is 12.1 Å². The molecule has 0 aliphatic rings. The number of rotatable bonds is 7. The maximum atomic E-state index is 13.3. The van der Waals surface area contributed by atoms with Gasteiger partial charge in [-0.1, -0.05) is 6.07 Å². The number of fused-ring (bicyclic) bond motifs is 1. The highest BCUT2D eigenvalue weighted by Gasteiger charge is 2.31. The predicted molar refractivity (Wildman–Crippen MR) is 104 cm³/mol. The van der Waals surface area contributed by atoms with Gasteiger partial charge in [0, 0.05) is 10.9 Å². The van der Waals surface area contributed by atoms with E-state index in [4.69, 9.17) is 15.2 Å². The molecule has 4 nitrogen and oxygen atoms in total. The Labute approximate surface area is 161 Å². The van der Waals surface area contributed by atoms with Crippen molar-refractivity contribution in [3.8, 4) is 22.8 Å². The van der Waals surface area contributed by atoms with Gasteiger partial charge in [0.1, 0.15) is 11.5 Å². The van der Waals surface area contributed by atoms with E-state index < -0.39 is 11.7 Å². The van der Waals surface area contributed by atoms with Crippen molar-refractivity contribution in [3.63, 3.8) is 0 Å². The average Bonchev–Trinajstić information content (AvgIpc) is 3.04. The first kappa shape index (κ1) is 20.1. The van der Waals surface area contributed by atoms with Crippen molar-refractivity contribution in [2.45, 2.75) is 25.4 Å². The molecule has 0 fully saturated rings. The summed E-state index contributed by atoms with van der Waals surface area (Å²) < 4.78 is 50.8. The van der Waals surface area contributed by atoms with Gasteiger partial charge in [-0.2, -0.15) is 13.2 Å². The Morgan fingerprint density at radius 3 is 2.25 bits per heavy atom. The lowest BCUT2D eigenvalue weighted by Crippen LogP contribution is -2.04. The van der Waals surface area contributed by atoms with E-state index in [1.54, 1.807) is 32.4 Å². The van der Waals surface area contributed by atoms with Crippen molar-refractivity contribution >= 4 is 10.9 Å². The van der Waals surface area contributed by atoms with Crippen molar-refractivity contribution < 1.29 is 22.6 Å². The fourth-order valence-corrected chi connectivity index (χ4v) is 3.44. The molecule has 0 aliphatic carbocycles. The van der Waals surface area contributed by atoms with Crippen LogP contribution < -0.4 is 15.2 Å². The van der Waals surface area contributed by atoms with E-state index in [1.807, 2.05) is 0 Å². The molecule has 0 aliphatic heterocycles. The maximum absolute atomic E-state index is 13.3. The van der Waals surface area contributed by atoms with Gasteiger partial charge in [-0.15, -0.1) is 0 Å². The minimum absolute atomic E-state index is 0.531. The molecule has 0 atom stereocenters. The van der Waals surface area contributed by atoms with E-state index >= 15 is 0 Å². The Balaban J connectivity index is 2.26. The third kappa shape index (κ3) is 3.80. The molecule has 150 valence electrons. The zero-order valence-corrected chi connectivity index (χ0v) is 15.8. The van der Waals surface area contributed by atoms with Gasteiger partial charge < -0.3 is 20.2 Å². The van der Waals surface area contributed by atoms with Crippen molar-refractivity contribution in [1.82, 2.24) is 4.98 Å². The molecular formula is C21H23F3N2O2. The van der Waals surface area contributed by atoms with Crippen LogP contribution >= 0.6 is 0 Å². The monoisotopic (exact) mass is 392 g/mol. The molecule has 0 spiro atoms. The molecule has 3 rings (SSSR count). The van der Waals surface area contributed by atoms with Gasteiger partial charge >= 0.3 is 6.18 Å². The molecule has 28 heavy (non-hydrogen) atoms. The Morgan fingerprint density at radius 2 is 1.68 bits per heavy atom. The first-order valence-corrected chi connectivity index (χ1v) is 9.04. The average molecular weight is 392 g/mol. The minimum Gasteiger partial charge on any atom is -0.496 e. The number of hydrogen-bond donors (Lipinski definition) is 2. The number of nitrogens with two attached hydrogens (primary N) is 1. The van der Waals surface area contributed by atoms with Crippen LogP contribution in [0, 0.1) is 0 Å². The number of halogens is 3. The van der Waals surface area contributed by atoms with Crippen molar-refractivity contribution in [2.24, 2.45) is 5.73 Å². The van der Waals surface area contributed by atoms with Gasteiger partial charge in [0.2, 0.25) is 0 Å². The molecule has 0 bridgehead atoms. The van der Waals surface area contributed by atoms with Crippen molar-refractivity contribution in [2.75, 3.05) is 20.8 Å². The highest BCUT2D eigenvalue weighted by molar-refractivity contribution is 5.93. The summed E-state index contributed by atoms with van der Waals surface area (Å²) in [5.41, 5.74) is 7.78. The third-order valence-electron chi connectivity index (χ3n) is 4.79. The first-order chi connectivity index (χ1) is 13.4. The van der Waals surface area contributed by atoms with Gasteiger partial charge in [-0.25, -0.2) is 0 Å². The summed E-state index contributed by atoms with van der Waals surface area (Å²) in [6, 6.07) is 9.17. The summed E-state index contributed by atoms with van der Waals surface area (Å²) in [5, 5.41) is 0.551. The van der Waals surface area contributed by atoms with Crippen LogP contribution in [0.5, 0.6) is 11.5 Å². The van der Waals surface area contributed by atoms with Gasteiger partial charge in [-0.3, -0.25) is 0 Å². The molecule has 0 unspecified atom stereocenters. The van der Waals surface area contributed by atoms with Gasteiger partial charge in [0.25, 0.3) is 0 Å². The Hall–Kier alpha value is -2.67. The molecule has 0 radical (unpaired) electrons. The zero-order valence-electron chi connectivity index (χ0n) is 15.8. The fraction of sp³-hybridized carbons (Fsp3) is 0.333. The molecule has 3 N–H and O–H groups in total. The lowest BCUT2D eigenvalue weighted by Gasteiger charge is -2.14. The number of aromatic nitrogens is 1. The van der Waals surface area contributed by atoms with Gasteiger partial charge in [0.15, 0.2) is 0 Å². The quantitative estimate of drug-likeness (QED) is 0.547. The Kier molecular flexibility index (Phi) is 5.84. The van der Waals surface area contributed by atoms with E-state index in [0.29, 0.717) is 46.6 Å². The van der Waals surface area contributed by atoms with E-state index in [-0.39, 0.29) is 0 Å². The lowest BCUT2D eigenvalue weighted by molar-refractivity contribution is -0.137. The summed E-state index contributed by atoms with van der Waals surface area (Å²) in [6.07, 6.45) is -2.25. The molecule has 0 saturated heterocycles. The molecule has 0 saturated carbocycles. The second-order valence-electron chi connectivity index (χ2n) is 6.52. The SMILES string of the molecule is COc1cccc(OC)c1-c1[nH]c2ccc(C(F)(F)F)cc2c1CCCCN. The molecular weight excluding hydrogens is 369 g/mol. The van der Waals surface area contributed by atoms with E-state index in [9.17, 15) is 13.2 Å². The second-order valence-corrected chi connectivity index (χ2v) is 6.52. The van der Waals surface area contributed by atoms with Crippen LogP contribution in [0.25, 0.3) is 22.2 Å². The predicted octanol–water partition coefficient (Wildman–Crippen LogP) is 5.15. The molecule has 0 amide bonds. The van der Waals surface area contributed by atoms with E-state index in [0.717, 1.165) is 24.5 Å². The number of hydrogen-bond acceptors (Lipinski definition) is 3. The number of H-pyrrole nitrogens is 1. The number of alkyl halides is 3. The molecule has 1 aromatic heterocycles. The standard InChI is InChI=1S/C21H23F3N2O2/c1-27-17-7-5-8-18(28-2)19(17)20-14(6-3-4-11-25)15-12-13(21(22,23)24)9-10-16(15)26-20/h5,7-10,12,26H,3-4,6,11,25H2,1-2H3. The second kappa shape index (κ2) is 8.14. The number of unbranched alkanes of at least 4 members (excludes halogenated alkanes) is 1. The summed E-state index contributed by atoms with van der Waals surface area (Å²) in [5.74, 6) is 1.17.